The van der Waals surface area contributed by atoms with Crippen molar-refractivity contribution >= 4 is 15.7 Å². The molecular formula is C14H21NO3S. The fourth-order valence-corrected chi connectivity index (χ4v) is 3.51. The molecular weight excluding hydrogens is 262 g/mol. The predicted octanol–water partition coefficient (Wildman–Crippen LogP) is 2.85. The lowest BCUT2D eigenvalue weighted by Crippen LogP contribution is -2.17. The van der Waals surface area contributed by atoms with E-state index >= 15 is 0 Å². The maximum Gasteiger partial charge on any atom is 0.317 e. The summed E-state index contributed by atoms with van der Waals surface area (Å²) >= 11 is 0. The molecule has 19 heavy (non-hydrogen) atoms. The molecule has 1 atom stereocenters. The van der Waals surface area contributed by atoms with E-state index in [2.05, 4.69) is 4.36 Å². The Bertz CT molecular complexity index is 528. The van der Waals surface area contributed by atoms with Crippen LogP contribution in [0.15, 0.2) is 28.6 Å². The molecule has 0 heterocycles. The van der Waals surface area contributed by atoms with Crippen LogP contribution in [0.25, 0.3) is 0 Å². The zero-order chi connectivity index (χ0) is 14.3. The van der Waals surface area contributed by atoms with Crippen LogP contribution in [0.5, 0.6) is 0 Å². The van der Waals surface area contributed by atoms with E-state index < -0.39 is 15.7 Å². The molecule has 0 aliphatic carbocycles. The first-order chi connectivity index (χ1) is 8.95. The molecule has 0 aromatic heterocycles. The van der Waals surface area contributed by atoms with E-state index in [9.17, 15) is 9.00 Å². The van der Waals surface area contributed by atoms with E-state index in [1.165, 1.54) is 0 Å². The van der Waals surface area contributed by atoms with Crippen molar-refractivity contribution in [2.75, 3.05) is 12.3 Å². The first-order valence-corrected chi connectivity index (χ1v) is 8.26. The van der Waals surface area contributed by atoms with E-state index in [1.54, 1.807) is 0 Å². The highest BCUT2D eigenvalue weighted by Gasteiger charge is 2.15. The topological polar surface area (TPSA) is 66.7 Å². The van der Waals surface area contributed by atoms with Crippen molar-refractivity contribution in [2.24, 2.45) is 4.36 Å². The Morgan fingerprint density at radius 2 is 1.95 bits per heavy atom. The minimum atomic E-state index is -2.70. The third-order valence-electron chi connectivity index (χ3n) is 2.70. The zero-order valence-electron chi connectivity index (χ0n) is 11.5. The number of aliphatic carboxylic acids is 1. The normalized spacial score (nSPS) is 13.8. The molecule has 0 spiro atoms. The van der Waals surface area contributed by atoms with Gasteiger partial charge in [0.05, 0.1) is 15.5 Å². The van der Waals surface area contributed by atoms with Crippen molar-refractivity contribution in [3.63, 3.8) is 0 Å². The number of carboxylic acid groups (broad SMARTS) is 1. The first kappa shape index (κ1) is 15.7. The number of aryl methyl sites for hydroxylation is 1. The molecule has 0 saturated heterocycles. The SMILES string of the molecule is CCCCN=S(=O)(CC(=O)O)Cc1ccc(C)cc1. The Hall–Kier alpha value is -1.36. The average Bonchev–Trinajstić information content (AvgIpc) is 2.31. The number of hydrogen-bond donors (Lipinski definition) is 1. The van der Waals surface area contributed by atoms with E-state index in [1.807, 2.05) is 38.1 Å². The third kappa shape index (κ3) is 5.87. The van der Waals surface area contributed by atoms with Gasteiger partial charge in [0.2, 0.25) is 0 Å². The monoisotopic (exact) mass is 283 g/mol. The number of nitrogens with zero attached hydrogens (tertiary/aromatic N) is 1. The standard InChI is InChI=1S/C14H21NO3S/c1-3-4-9-15-19(18,11-14(16)17)10-13-7-5-12(2)6-8-13/h5-8H,3-4,9-11H2,1-2H3,(H,16,17). The molecule has 4 nitrogen and oxygen atoms in total. The smallest absolute Gasteiger partial charge is 0.317 e. The minimum Gasteiger partial charge on any atom is -0.481 e. The predicted molar refractivity (Wildman–Crippen MR) is 77.7 cm³/mol. The van der Waals surface area contributed by atoms with E-state index in [0.717, 1.165) is 24.0 Å². The third-order valence-corrected chi connectivity index (χ3v) is 4.84. The van der Waals surface area contributed by atoms with E-state index in [4.69, 9.17) is 5.11 Å². The molecule has 1 unspecified atom stereocenters. The van der Waals surface area contributed by atoms with Crippen LogP contribution in [0, 0.1) is 6.92 Å². The highest BCUT2D eigenvalue weighted by atomic mass is 32.2. The fraction of sp³-hybridized carbons (Fsp3) is 0.500. The van der Waals surface area contributed by atoms with Gasteiger partial charge < -0.3 is 5.11 Å². The molecule has 0 aliphatic heterocycles. The van der Waals surface area contributed by atoms with Crippen LogP contribution in [0.3, 0.4) is 0 Å². The molecule has 1 aromatic carbocycles. The summed E-state index contributed by atoms with van der Waals surface area (Å²) in [5.74, 6) is -1.23. The summed E-state index contributed by atoms with van der Waals surface area (Å²) in [6.45, 7) is 4.47. The van der Waals surface area contributed by atoms with Crippen molar-refractivity contribution in [1.29, 1.82) is 0 Å². The average molecular weight is 283 g/mol. The van der Waals surface area contributed by atoms with Crippen molar-refractivity contribution in [2.45, 2.75) is 32.4 Å². The summed E-state index contributed by atoms with van der Waals surface area (Å²) in [5, 5.41) is 8.89. The number of carboxylic acids is 1. The molecule has 1 aromatic rings. The van der Waals surface area contributed by atoms with Gasteiger partial charge in [0, 0.05) is 6.54 Å². The van der Waals surface area contributed by atoms with Gasteiger partial charge in [-0.1, -0.05) is 43.2 Å². The number of rotatable bonds is 7. The van der Waals surface area contributed by atoms with E-state index in [0.29, 0.717) is 6.54 Å². The van der Waals surface area contributed by atoms with Gasteiger partial charge in [-0.3, -0.25) is 4.79 Å². The van der Waals surface area contributed by atoms with Gasteiger partial charge in [-0.25, -0.2) is 8.57 Å². The number of carbonyl (C=O) groups is 1. The highest BCUT2D eigenvalue weighted by Crippen LogP contribution is 2.11. The largest absolute Gasteiger partial charge is 0.481 e. The first-order valence-electron chi connectivity index (χ1n) is 6.41. The summed E-state index contributed by atoms with van der Waals surface area (Å²) in [6, 6.07) is 7.63. The summed E-state index contributed by atoms with van der Waals surface area (Å²) in [6.07, 6.45) is 1.79. The molecule has 0 saturated carbocycles. The van der Waals surface area contributed by atoms with Gasteiger partial charge in [0.1, 0.15) is 5.75 Å². The van der Waals surface area contributed by atoms with Crippen molar-refractivity contribution in [1.82, 2.24) is 0 Å². The summed E-state index contributed by atoms with van der Waals surface area (Å²) in [5.41, 5.74) is 1.99. The molecule has 5 heteroatoms. The van der Waals surface area contributed by atoms with Gasteiger partial charge in [-0.05, 0) is 18.9 Å². The number of benzene rings is 1. The van der Waals surface area contributed by atoms with Crippen LogP contribution in [0.1, 0.15) is 30.9 Å². The fourth-order valence-electron chi connectivity index (χ4n) is 1.67. The molecule has 106 valence electrons. The molecule has 1 N–H and O–H groups in total. The van der Waals surface area contributed by atoms with Gasteiger partial charge in [-0.2, -0.15) is 0 Å². The van der Waals surface area contributed by atoms with Crippen LogP contribution in [-0.4, -0.2) is 27.6 Å². The lowest BCUT2D eigenvalue weighted by molar-refractivity contribution is -0.134. The summed E-state index contributed by atoms with van der Waals surface area (Å²) in [4.78, 5) is 10.9. The van der Waals surface area contributed by atoms with Gasteiger partial charge in [-0.15, -0.1) is 0 Å². The maximum atomic E-state index is 12.6. The van der Waals surface area contributed by atoms with Crippen molar-refractivity contribution in [3.05, 3.63) is 35.4 Å². The summed E-state index contributed by atoms with van der Waals surface area (Å²) in [7, 11) is -2.70. The minimum absolute atomic E-state index is 0.212. The Balaban J connectivity index is 2.90. The molecule has 0 aliphatic rings. The molecule has 0 bridgehead atoms. The molecule has 0 fully saturated rings. The van der Waals surface area contributed by atoms with Crippen LogP contribution >= 0.6 is 0 Å². The molecule has 1 rings (SSSR count). The second kappa shape index (κ2) is 7.28. The van der Waals surface area contributed by atoms with Gasteiger partial charge in [0.15, 0.2) is 0 Å². The Labute approximate surface area is 115 Å². The quantitative estimate of drug-likeness (QED) is 0.782. The maximum absolute atomic E-state index is 12.6. The highest BCUT2D eigenvalue weighted by molar-refractivity contribution is 7.93. The second-order valence-corrected chi connectivity index (χ2v) is 7.03. The Kier molecular flexibility index (Phi) is 6.02. The Morgan fingerprint density at radius 3 is 2.47 bits per heavy atom. The van der Waals surface area contributed by atoms with Crippen LogP contribution < -0.4 is 0 Å². The zero-order valence-corrected chi connectivity index (χ0v) is 12.3. The summed E-state index contributed by atoms with van der Waals surface area (Å²) < 4.78 is 16.7. The van der Waals surface area contributed by atoms with Gasteiger partial charge >= 0.3 is 5.97 Å². The van der Waals surface area contributed by atoms with Crippen molar-refractivity contribution in [3.8, 4) is 0 Å². The van der Waals surface area contributed by atoms with Crippen LogP contribution in [0.4, 0.5) is 0 Å². The van der Waals surface area contributed by atoms with Crippen LogP contribution in [-0.2, 0) is 20.3 Å². The van der Waals surface area contributed by atoms with Gasteiger partial charge in [0.25, 0.3) is 0 Å². The molecule has 0 radical (unpaired) electrons. The van der Waals surface area contributed by atoms with Crippen molar-refractivity contribution < 1.29 is 14.1 Å². The second-order valence-electron chi connectivity index (χ2n) is 4.65. The lowest BCUT2D eigenvalue weighted by atomic mass is 10.2. The number of hydrogen-bond acceptors (Lipinski definition) is 3. The molecule has 0 amide bonds. The Morgan fingerprint density at radius 1 is 1.32 bits per heavy atom. The van der Waals surface area contributed by atoms with E-state index in [-0.39, 0.29) is 11.5 Å². The number of unbranched alkanes of at least 4 members (excludes halogenated alkanes) is 1. The van der Waals surface area contributed by atoms with Crippen LogP contribution in [0.2, 0.25) is 0 Å². The lowest BCUT2D eigenvalue weighted by Gasteiger charge is -2.08.